The molecular weight excluding hydrogens is 368 g/mol. The van der Waals surface area contributed by atoms with E-state index in [-0.39, 0.29) is 18.3 Å². The zero-order valence-electron chi connectivity index (χ0n) is 14.7. The molecule has 26 heavy (non-hydrogen) atoms. The van der Waals surface area contributed by atoms with Crippen LogP contribution in [0.5, 0.6) is 0 Å². The minimum Gasteiger partial charge on any atom is -0.366 e. The van der Waals surface area contributed by atoms with E-state index in [2.05, 4.69) is 15.2 Å². The third-order valence-corrected chi connectivity index (χ3v) is 6.40. The van der Waals surface area contributed by atoms with Gasteiger partial charge in [-0.25, -0.2) is 4.98 Å². The first-order chi connectivity index (χ1) is 12.2. The molecule has 7 heteroatoms. The normalized spacial score (nSPS) is 20.7. The number of carbonyl (C=O) groups excluding carboxylic acids is 1. The molecule has 2 aromatic rings. The third kappa shape index (κ3) is 4.09. The predicted molar refractivity (Wildman–Crippen MR) is 107 cm³/mol. The lowest BCUT2D eigenvalue weighted by Crippen LogP contribution is -2.35. The average Bonchev–Trinajstić information content (AvgIpc) is 3.05. The topological polar surface area (TPSA) is 71.2 Å². The van der Waals surface area contributed by atoms with Gasteiger partial charge in [0.15, 0.2) is 0 Å². The molecule has 1 spiro atoms. The van der Waals surface area contributed by atoms with Crippen LogP contribution in [0.4, 0.5) is 0 Å². The number of carbonyl (C=O) groups is 1. The number of amides is 1. The Balaban J connectivity index is 0.00000196. The molecule has 4 rings (SSSR count). The highest BCUT2D eigenvalue weighted by Gasteiger charge is 2.56. The van der Waals surface area contributed by atoms with Gasteiger partial charge in [-0.3, -0.25) is 9.69 Å². The molecule has 1 saturated heterocycles. The molecule has 2 heterocycles. The predicted octanol–water partition coefficient (Wildman–Crippen LogP) is 2.81. The fourth-order valence-electron chi connectivity index (χ4n) is 4.09. The Labute approximate surface area is 164 Å². The number of hydrogen-bond donors (Lipinski definition) is 2. The lowest BCUT2D eigenvalue weighted by Gasteiger charge is -2.29. The van der Waals surface area contributed by atoms with E-state index in [1.165, 1.54) is 29.8 Å². The number of halogens is 1. The van der Waals surface area contributed by atoms with Crippen molar-refractivity contribution >= 4 is 29.7 Å². The Bertz CT molecular complexity index is 729. The standard InChI is InChI=1S/C19H24N4OS.ClH/c20-18(24)15-3-1-14(2-4-15)12-23(13-17-22-9-10-25-17)16-11-19(16)5-7-21-8-6-19;/h1-4,9-10,16,21H,5-8,11-13H2,(H2,20,24);1H. The van der Waals surface area contributed by atoms with Crippen molar-refractivity contribution in [1.82, 2.24) is 15.2 Å². The zero-order chi connectivity index (χ0) is 17.3. The molecule has 0 radical (unpaired) electrons. The molecule has 140 valence electrons. The van der Waals surface area contributed by atoms with Crippen LogP contribution in [0.25, 0.3) is 0 Å². The second-order valence-electron chi connectivity index (χ2n) is 7.22. The molecule has 1 unspecified atom stereocenters. The minimum atomic E-state index is -0.373. The van der Waals surface area contributed by atoms with Gasteiger partial charge in [-0.2, -0.15) is 0 Å². The number of benzene rings is 1. The molecule has 1 aliphatic heterocycles. The van der Waals surface area contributed by atoms with Crippen molar-refractivity contribution in [2.75, 3.05) is 13.1 Å². The lowest BCUT2D eigenvalue weighted by atomic mass is 9.93. The van der Waals surface area contributed by atoms with Gasteiger partial charge < -0.3 is 11.1 Å². The highest BCUT2D eigenvalue weighted by Crippen LogP contribution is 2.56. The van der Waals surface area contributed by atoms with Crippen LogP contribution in [0.1, 0.15) is 40.2 Å². The summed E-state index contributed by atoms with van der Waals surface area (Å²) < 4.78 is 0. The summed E-state index contributed by atoms with van der Waals surface area (Å²) in [4.78, 5) is 18.3. The summed E-state index contributed by atoms with van der Waals surface area (Å²) in [5.41, 5.74) is 7.63. The first-order valence-corrected chi connectivity index (χ1v) is 9.76. The van der Waals surface area contributed by atoms with Gasteiger partial charge in [0.1, 0.15) is 5.01 Å². The SMILES string of the molecule is Cl.NC(=O)c1ccc(CN(Cc2nccs2)C2CC23CCNCC3)cc1. The van der Waals surface area contributed by atoms with Gasteiger partial charge in [-0.15, -0.1) is 23.7 Å². The van der Waals surface area contributed by atoms with Crippen LogP contribution in [-0.4, -0.2) is 34.9 Å². The number of hydrogen-bond acceptors (Lipinski definition) is 5. The zero-order valence-corrected chi connectivity index (χ0v) is 16.3. The van der Waals surface area contributed by atoms with Crippen LogP contribution < -0.4 is 11.1 Å². The fourth-order valence-corrected chi connectivity index (χ4v) is 4.74. The third-order valence-electron chi connectivity index (χ3n) is 5.63. The first-order valence-electron chi connectivity index (χ1n) is 8.88. The second kappa shape index (κ2) is 8.05. The summed E-state index contributed by atoms with van der Waals surface area (Å²) in [6.45, 7) is 4.05. The Morgan fingerprint density at radius 1 is 1.27 bits per heavy atom. The summed E-state index contributed by atoms with van der Waals surface area (Å²) in [6.07, 6.45) is 5.71. The van der Waals surface area contributed by atoms with Crippen molar-refractivity contribution in [3.8, 4) is 0 Å². The summed E-state index contributed by atoms with van der Waals surface area (Å²) in [5, 5.41) is 6.69. The maximum atomic E-state index is 11.3. The Kier molecular flexibility index (Phi) is 5.97. The van der Waals surface area contributed by atoms with E-state index < -0.39 is 0 Å². The molecule has 0 bridgehead atoms. The first kappa shape index (κ1) is 19.3. The van der Waals surface area contributed by atoms with Crippen LogP contribution in [-0.2, 0) is 13.1 Å². The van der Waals surface area contributed by atoms with Crippen LogP contribution in [0.3, 0.4) is 0 Å². The number of thiazole rings is 1. The van der Waals surface area contributed by atoms with Crippen molar-refractivity contribution in [3.05, 3.63) is 52.0 Å². The van der Waals surface area contributed by atoms with E-state index in [0.29, 0.717) is 17.0 Å². The smallest absolute Gasteiger partial charge is 0.248 e. The van der Waals surface area contributed by atoms with Gasteiger partial charge in [0, 0.05) is 29.7 Å². The van der Waals surface area contributed by atoms with Crippen LogP contribution in [0.15, 0.2) is 35.8 Å². The number of nitrogens with zero attached hydrogens (tertiary/aromatic N) is 2. The Hall–Kier alpha value is -1.47. The van der Waals surface area contributed by atoms with Crippen molar-refractivity contribution < 1.29 is 4.79 Å². The van der Waals surface area contributed by atoms with Crippen molar-refractivity contribution in [3.63, 3.8) is 0 Å². The van der Waals surface area contributed by atoms with Gasteiger partial charge in [-0.05, 0) is 55.5 Å². The maximum Gasteiger partial charge on any atom is 0.248 e. The van der Waals surface area contributed by atoms with E-state index in [4.69, 9.17) is 5.73 Å². The molecule has 1 aromatic carbocycles. The quantitative estimate of drug-likeness (QED) is 0.792. The number of rotatable bonds is 6. The van der Waals surface area contributed by atoms with Crippen LogP contribution >= 0.6 is 23.7 Å². The number of primary amides is 1. The molecule has 3 N–H and O–H groups in total. The maximum absolute atomic E-state index is 11.3. The molecule has 1 amide bonds. The van der Waals surface area contributed by atoms with E-state index in [1.54, 1.807) is 11.3 Å². The summed E-state index contributed by atoms with van der Waals surface area (Å²) in [6, 6.07) is 8.33. The Morgan fingerprint density at radius 3 is 2.62 bits per heavy atom. The van der Waals surface area contributed by atoms with E-state index in [1.807, 2.05) is 35.8 Å². The molecule has 1 aromatic heterocycles. The number of nitrogens with two attached hydrogens (primary N) is 1. The van der Waals surface area contributed by atoms with Crippen LogP contribution in [0, 0.1) is 5.41 Å². The molecule has 1 saturated carbocycles. The molecule has 2 aliphatic rings. The second-order valence-corrected chi connectivity index (χ2v) is 8.20. The highest BCUT2D eigenvalue weighted by atomic mass is 35.5. The lowest BCUT2D eigenvalue weighted by molar-refractivity contribution is 0.100. The van der Waals surface area contributed by atoms with E-state index in [0.717, 1.165) is 26.2 Å². The minimum absolute atomic E-state index is 0. The number of piperidine rings is 1. The molecule has 5 nitrogen and oxygen atoms in total. The average molecular weight is 393 g/mol. The van der Waals surface area contributed by atoms with Crippen molar-refractivity contribution in [2.24, 2.45) is 11.1 Å². The van der Waals surface area contributed by atoms with Gasteiger partial charge >= 0.3 is 0 Å². The summed E-state index contributed by atoms with van der Waals surface area (Å²) in [7, 11) is 0. The van der Waals surface area contributed by atoms with Gasteiger partial charge in [-0.1, -0.05) is 12.1 Å². The molecule has 2 fully saturated rings. The van der Waals surface area contributed by atoms with E-state index in [9.17, 15) is 4.79 Å². The summed E-state index contributed by atoms with van der Waals surface area (Å²) >= 11 is 1.72. The summed E-state index contributed by atoms with van der Waals surface area (Å²) in [5.74, 6) is -0.373. The number of aromatic nitrogens is 1. The largest absolute Gasteiger partial charge is 0.366 e. The molecule has 1 aliphatic carbocycles. The van der Waals surface area contributed by atoms with Gasteiger partial charge in [0.05, 0.1) is 6.54 Å². The van der Waals surface area contributed by atoms with E-state index >= 15 is 0 Å². The fraction of sp³-hybridized carbons (Fsp3) is 0.474. The van der Waals surface area contributed by atoms with Crippen molar-refractivity contribution in [1.29, 1.82) is 0 Å². The monoisotopic (exact) mass is 392 g/mol. The van der Waals surface area contributed by atoms with Crippen LogP contribution in [0.2, 0.25) is 0 Å². The van der Waals surface area contributed by atoms with Gasteiger partial charge in [0.25, 0.3) is 0 Å². The van der Waals surface area contributed by atoms with Crippen molar-refractivity contribution in [2.45, 2.75) is 38.4 Å². The molecular formula is C19H25ClN4OS. The highest BCUT2D eigenvalue weighted by molar-refractivity contribution is 7.09. The molecule has 1 atom stereocenters. The Morgan fingerprint density at radius 2 is 2.00 bits per heavy atom. The number of nitrogens with one attached hydrogen (secondary N) is 1. The van der Waals surface area contributed by atoms with Gasteiger partial charge in [0.2, 0.25) is 5.91 Å².